The normalized spacial score (nSPS) is 13.4. The Bertz CT molecular complexity index is 388. The molecule has 0 heterocycles. The summed E-state index contributed by atoms with van der Waals surface area (Å²) in [5.41, 5.74) is 0. The maximum absolute atomic E-state index is 10.9. The van der Waals surface area contributed by atoms with E-state index >= 15 is 0 Å². The molecular formula is C14H33IN4O2S. The molecule has 0 spiro atoms. The zero-order valence-electron chi connectivity index (χ0n) is 14.3. The SMILES string of the molecule is CCCCC(CC)CNC(=NC)NCCCNS(C)(=O)=O.I. The summed E-state index contributed by atoms with van der Waals surface area (Å²) in [7, 11) is -1.34. The molecule has 0 aromatic rings. The number of hydrogen-bond acceptors (Lipinski definition) is 3. The lowest BCUT2D eigenvalue weighted by Crippen LogP contribution is -2.40. The quantitative estimate of drug-likeness (QED) is 0.195. The van der Waals surface area contributed by atoms with Crippen molar-refractivity contribution in [2.45, 2.75) is 46.0 Å². The van der Waals surface area contributed by atoms with Crippen LogP contribution < -0.4 is 15.4 Å². The predicted molar refractivity (Wildman–Crippen MR) is 106 cm³/mol. The number of nitrogens with one attached hydrogen (secondary N) is 3. The molecule has 3 N–H and O–H groups in total. The summed E-state index contributed by atoms with van der Waals surface area (Å²) in [5.74, 6) is 1.46. The summed E-state index contributed by atoms with van der Waals surface area (Å²) in [4.78, 5) is 4.18. The third-order valence-electron chi connectivity index (χ3n) is 3.34. The average molecular weight is 448 g/mol. The van der Waals surface area contributed by atoms with Crippen LogP contribution in [-0.4, -0.2) is 47.3 Å². The van der Waals surface area contributed by atoms with Crippen LogP contribution in [0.2, 0.25) is 0 Å². The standard InChI is InChI=1S/C14H32N4O2S.HI/c1-5-7-9-13(6-2)12-17-14(15-3)16-10-8-11-18-21(4,19)20;/h13,18H,5-12H2,1-4H3,(H2,15,16,17);1H. The Balaban J connectivity index is 0. The van der Waals surface area contributed by atoms with Gasteiger partial charge in [-0.15, -0.1) is 24.0 Å². The minimum Gasteiger partial charge on any atom is -0.356 e. The number of aliphatic imine (C=N–C) groups is 1. The molecule has 0 saturated carbocycles. The third kappa shape index (κ3) is 14.8. The van der Waals surface area contributed by atoms with Crippen LogP contribution in [0.1, 0.15) is 46.0 Å². The van der Waals surface area contributed by atoms with Gasteiger partial charge in [-0.05, 0) is 18.8 Å². The second-order valence-corrected chi connectivity index (χ2v) is 7.15. The fourth-order valence-corrected chi connectivity index (χ4v) is 2.47. The second-order valence-electron chi connectivity index (χ2n) is 5.32. The monoisotopic (exact) mass is 448 g/mol. The number of halogens is 1. The summed E-state index contributed by atoms with van der Waals surface area (Å²) in [6.07, 6.45) is 6.81. The van der Waals surface area contributed by atoms with E-state index in [1.807, 2.05) is 0 Å². The average Bonchev–Trinajstić information content (AvgIpc) is 2.43. The molecule has 0 amide bonds. The van der Waals surface area contributed by atoms with E-state index in [4.69, 9.17) is 0 Å². The van der Waals surface area contributed by atoms with Crippen LogP contribution in [0.4, 0.5) is 0 Å². The molecule has 0 saturated heterocycles. The first kappa shape index (κ1) is 24.2. The van der Waals surface area contributed by atoms with Gasteiger partial charge in [0.25, 0.3) is 0 Å². The fraction of sp³-hybridized carbons (Fsp3) is 0.929. The first-order valence-corrected chi connectivity index (χ1v) is 9.71. The van der Waals surface area contributed by atoms with E-state index in [0.717, 1.165) is 18.9 Å². The Kier molecular flexibility index (Phi) is 15.9. The van der Waals surface area contributed by atoms with Crippen molar-refractivity contribution in [1.82, 2.24) is 15.4 Å². The highest BCUT2D eigenvalue weighted by atomic mass is 127. The number of guanidine groups is 1. The highest BCUT2D eigenvalue weighted by Gasteiger charge is 2.06. The molecule has 8 heteroatoms. The molecule has 1 unspecified atom stereocenters. The van der Waals surface area contributed by atoms with Crippen LogP contribution in [0, 0.1) is 5.92 Å². The molecule has 0 aromatic heterocycles. The van der Waals surface area contributed by atoms with Gasteiger partial charge in [0.1, 0.15) is 0 Å². The van der Waals surface area contributed by atoms with Gasteiger partial charge in [-0.3, -0.25) is 4.99 Å². The molecule has 1 atom stereocenters. The van der Waals surface area contributed by atoms with E-state index in [1.54, 1.807) is 7.05 Å². The maximum Gasteiger partial charge on any atom is 0.208 e. The summed E-state index contributed by atoms with van der Waals surface area (Å²) in [6, 6.07) is 0. The molecular weight excluding hydrogens is 415 g/mol. The van der Waals surface area contributed by atoms with E-state index in [-0.39, 0.29) is 24.0 Å². The van der Waals surface area contributed by atoms with Gasteiger partial charge in [-0.1, -0.05) is 33.1 Å². The molecule has 0 aliphatic heterocycles. The number of unbranched alkanes of at least 4 members (excludes halogenated alkanes) is 1. The largest absolute Gasteiger partial charge is 0.356 e. The van der Waals surface area contributed by atoms with E-state index < -0.39 is 10.0 Å². The molecule has 0 radical (unpaired) electrons. The molecule has 0 aliphatic rings. The van der Waals surface area contributed by atoms with Crippen LogP contribution in [0.25, 0.3) is 0 Å². The van der Waals surface area contributed by atoms with Gasteiger partial charge < -0.3 is 10.6 Å². The topological polar surface area (TPSA) is 82.6 Å². The summed E-state index contributed by atoms with van der Waals surface area (Å²) < 4.78 is 24.3. The summed E-state index contributed by atoms with van der Waals surface area (Å²) in [6.45, 7) is 6.49. The van der Waals surface area contributed by atoms with Crippen LogP contribution in [-0.2, 0) is 10.0 Å². The van der Waals surface area contributed by atoms with Crippen LogP contribution in [0.15, 0.2) is 4.99 Å². The second kappa shape index (κ2) is 14.5. The Morgan fingerprint density at radius 3 is 2.32 bits per heavy atom. The molecule has 134 valence electrons. The zero-order valence-corrected chi connectivity index (χ0v) is 17.5. The van der Waals surface area contributed by atoms with Crippen molar-refractivity contribution in [1.29, 1.82) is 0 Å². The Morgan fingerprint density at radius 2 is 1.82 bits per heavy atom. The lowest BCUT2D eigenvalue weighted by molar-refractivity contribution is 0.443. The number of rotatable bonds is 11. The third-order valence-corrected chi connectivity index (χ3v) is 4.06. The van der Waals surface area contributed by atoms with Gasteiger partial charge in [0.05, 0.1) is 6.26 Å². The highest BCUT2D eigenvalue weighted by Crippen LogP contribution is 2.10. The minimum absolute atomic E-state index is 0. The van der Waals surface area contributed by atoms with Crippen LogP contribution in [0.3, 0.4) is 0 Å². The first-order chi connectivity index (χ1) is 9.92. The smallest absolute Gasteiger partial charge is 0.208 e. The van der Waals surface area contributed by atoms with Crippen molar-refractivity contribution in [2.75, 3.05) is 32.9 Å². The van der Waals surface area contributed by atoms with Gasteiger partial charge in [0.15, 0.2) is 5.96 Å². The van der Waals surface area contributed by atoms with Gasteiger partial charge in [-0.2, -0.15) is 0 Å². The van der Waals surface area contributed by atoms with Crippen molar-refractivity contribution < 1.29 is 8.42 Å². The van der Waals surface area contributed by atoms with E-state index in [2.05, 4.69) is 34.2 Å². The maximum atomic E-state index is 10.9. The van der Waals surface area contributed by atoms with Crippen molar-refractivity contribution >= 4 is 40.0 Å². The molecule has 0 rings (SSSR count). The molecule has 0 aliphatic carbocycles. The highest BCUT2D eigenvalue weighted by molar-refractivity contribution is 14.0. The number of sulfonamides is 1. The van der Waals surface area contributed by atoms with Gasteiger partial charge >= 0.3 is 0 Å². The predicted octanol–water partition coefficient (Wildman–Crippen LogP) is 1.93. The van der Waals surface area contributed by atoms with Gasteiger partial charge in [0, 0.05) is 26.7 Å². The van der Waals surface area contributed by atoms with Gasteiger partial charge in [-0.25, -0.2) is 13.1 Å². The Morgan fingerprint density at radius 1 is 1.14 bits per heavy atom. The zero-order chi connectivity index (χ0) is 16.1. The van der Waals surface area contributed by atoms with Crippen LogP contribution in [0.5, 0.6) is 0 Å². The van der Waals surface area contributed by atoms with Crippen molar-refractivity contribution in [3.63, 3.8) is 0 Å². The molecule has 22 heavy (non-hydrogen) atoms. The Hall–Kier alpha value is -0.0900. The summed E-state index contributed by atoms with van der Waals surface area (Å²) in [5, 5.41) is 6.53. The van der Waals surface area contributed by atoms with Crippen LogP contribution >= 0.6 is 24.0 Å². The van der Waals surface area contributed by atoms with Gasteiger partial charge in [0.2, 0.25) is 10.0 Å². The van der Waals surface area contributed by atoms with E-state index in [9.17, 15) is 8.42 Å². The fourth-order valence-electron chi connectivity index (χ4n) is 1.96. The van der Waals surface area contributed by atoms with E-state index in [0.29, 0.717) is 19.0 Å². The molecule has 0 bridgehead atoms. The molecule has 0 aromatic carbocycles. The summed E-state index contributed by atoms with van der Waals surface area (Å²) >= 11 is 0. The number of nitrogens with zero attached hydrogens (tertiary/aromatic N) is 1. The lowest BCUT2D eigenvalue weighted by Gasteiger charge is -2.18. The number of hydrogen-bond donors (Lipinski definition) is 3. The van der Waals surface area contributed by atoms with Crippen molar-refractivity contribution in [2.24, 2.45) is 10.9 Å². The minimum atomic E-state index is -3.09. The molecule has 0 fully saturated rings. The molecule has 6 nitrogen and oxygen atoms in total. The lowest BCUT2D eigenvalue weighted by atomic mass is 9.99. The first-order valence-electron chi connectivity index (χ1n) is 7.82. The Labute approximate surface area is 153 Å². The van der Waals surface area contributed by atoms with Crippen molar-refractivity contribution in [3.8, 4) is 0 Å². The van der Waals surface area contributed by atoms with Crippen molar-refractivity contribution in [3.05, 3.63) is 0 Å². The van der Waals surface area contributed by atoms with E-state index in [1.165, 1.54) is 31.9 Å².